The van der Waals surface area contributed by atoms with Gasteiger partial charge in [0.2, 0.25) is 0 Å². The topological polar surface area (TPSA) is 44.9 Å². The highest BCUT2D eigenvalue weighted by molar-refractivity contribution is 7.26. The van der Waals surface area contributed by atoms with Crippen molar-refractivity contribution >= 4 is 53.3 Å². The molecule has 0 radical (unpaired) electrons. The summed E-state index contributed by atoms with van der Waals surface area (Å²) in [4.78, 5) is 4.94. The number of ether oxygens (including phenoxy) is 1. The minimum Gasteiger partial charge on any atom is -0.457 e. The smallest absolute Gasteiger partial charge is 0.137 e. The van der Waals surface area contributed by atoms with Gasteiger partial charge in [0.15, 0.2) is 0 Å². The summed E-state index contributed by atoms with van der Waals surface area (Å²) >= 11 is 1.84. The molecule has 4 aromatic carbocycles. The van der Waals surface area contributed by atoms with Gasteiger partial charge in [-0.1, -0.05) is 51.1 Å². The maximum Gasteiger partial charge on any atom is 0.137 e. The Morgan fingerprint density at radius 3 is 2.43 bits per heavy atom. The first kappa shape index (κ1) is 24.8. The number of rotatable bonds is 4. The van der Waals surface area contributed by atoms with Gasteiger partial charge in [0.05, 0.1) is 16.7 Å². The molecule has 0 N–H and O–H groups in total. The van der Waals surface area contributed by atoms with Crippen molar-refractivity contribution in [2.45, 2.75) is 26.2 Å². The second kappa shape index (κ2) is 9.29. The molecule has 0 spiro atoms. The van der Waals surface area contributed by atoms with Crippen LogP contribution in [0.4, 0.5) is 0 Å². The third-order valence-electron chi connectivity index (χ3n) is 7.90. The Balaban J connectivity index is 1.39. The molecule has 4 heterocycles. The molecule has 0 aliphatic carbocycles. The summed E-state index contributed by atoms with van der Waals surface area (Å²) in [6, 6.07) is 33.8. The fourth-order valence-corrected chi connectivity index (χ4v) is 6.96. The first-order chi connectivity index (χ1) is 20.4. The monoisotopic (exact) mass is 564 g/mol. The number of hydrogen-bond acceptors (Lipinski definition) is 4. The second-order valence-electron chi connectivity index (χ2n) is 11.7. The molecule has 8 rings (SSSR count). The number of benzene rings is 4. The van der Waals surface area contributed by atoms with Crippen LogP contribution < -0.4 is 4.74 Å². The molecule has 0 aliphatic rings. The van der Waals surface area contributed by atoms with E-state index in [1.807, 2.05) is 58.7 Å². The van der Waals surface area contributed by atoms with E-state index in [-0.39, 0.29) is 5.41 Å². The first-order valence-corrected chi connectivity index (χ1v) is 14.9. The molecule has 42 heavy (non-hydrogen) atoms. The van der Waals surface area contributed by atoms with E-state index in [1.165, 1.54) is 42.0 Å². The van der Waals surface area contributed by atoms with Gasteiger partial charge in [-0.3, -0.25) is 4.57 Å². The lowest BCUT2D eigenvalue weighted by molar-refractivity contribution is 0.483. The number of aromatic nitrogens is 4. The molecule has 8 aromatic rings. The van der Waals surface area contributed by atoms with Gasteiger partial charge in [-0.2, -0.15) is 5.10 Å². The Labute approximate surface area is 247 Å². The predicted molar refractivity (Wildman–Crippen MR) is 174 cm³/mol. The van der Waals surface area contributed by atoms with Crippen LogP contribution in [0.15, 0.2) is 116 Å². The van der Waals surface area contributed by atoms with Gasteiger partial charge in [0, 0.05) is 61.7 Å². The Hall–Kier alpha value is -4.94. The fraction of sp³-hybridized carbons (Fsp3) is 0.111. The molecule has 0 atom stereocenters. The van der Waals surface area contributed by atoms with Gasteiger partial charge in [0.1, 0.15) is 17.3 Å². The summed E-state index contributed by atoms with van der Waals surface area (Å²) in [6.45, 7) is 6.73. The first-order valence-electron chi connectivity index (χ1n) is 14.1. The predicted octanol–water partition coefficient (Wildman–Crippen LogP) is 9.82. The van der Waals surface area contributed by atoms with E-state index in [9.17, 15) is 0 Å². The van der Waals surface area contributed by atoms with Gasteiger partial charge >= 0.3 is 0 Å². The second-order valence-corrected chi connectivity index (χ2v) is 12.7. The summed E-state index contributed by atoms with van der Waals surface area (Å²) in [5, 5.41) is 9.27. The molecule has 0 bridgehead atoms. The van der Waals surface area contributed by atoms with Crippen LogP contribution >= 0.6 is 11.3 Å². The standard InChI is InChI=1S/C36H28N4OS/c1-36(2,3)23-16-18-37-33(20-23)40-30-22-26(41-25-9-6-8-24(21-25)39-19-7-17-38-39)12-13-27(30)28-14-15-32-34(35(28)40)29-10-4-5-11-31(29)42-32/h4-22H,1-3H3. The van der Waals surface area contributed by atoms with E-state index in [0.29, 0.717) is 0 Å². The fourth-order valence-electron chi connectivity index (χ4n) is 5.85. The molecule has 6 heteroatoms. The molecule has 4 aromatic heterocycles. The van der Waals surface area contributed by atoms with Crippen LogP contribution in [0.5, 0.6) is 11.5 Å². The summed E-state index contributed by atoms with van der Waals surface area (Å²) in [7, 11) is 0. The zero-order chi connectivity index (χ0) is 28.4. The highest BCUT2D eigenvalue weighted by Gasteiger charge is 2.21. The third-order valence-corrected chi connectivity index (χ3v) is 9.04. The largest absolute Gasteiger partial charge is 0.457 e. The molecule has 0 amide bonds. The van der Waals surface area contributed by atoms with E-state index in [2.05, 4.69) is 97.2 Å². The Morgan fingerprint density at radius 1 is 0.714 bits per heavy atom. The molecular weight excluding hydrogens is 536 g/mol. The van der Waals surface area contributed by atoms with Crippen LogP contribution in [0.2, 0.25) is 0 Å². The molecule has 0 saturated heterocycles. The Morgan fingerprint density at radius 2 is 1.57 bits per heavy atom. The lowest BCUT2D eigenvalue weighted by Gasteiger charge is -2.20. The molecule has 204 valence electrons. The number of pyridine rings is 1. The summed E-state index contributed by atoms with van der Waals surface area (Å²) in [5.41, 5.74) is 4.42. The van der Waals surface area contributed by atoms with Crippen LogP contribution in [-0.2, 0) is 5.41 Å². The molecule has 0 aliphatic heterocycles. The van der Waals surface area contributed by atoms with Crippen molar-refractivity contribution in [1.29, 1.82) is 0 Å². The average Bonchev–Trinajstić information content (AvgIpc) is 3.73. The number of fused-ring (bicyclic) bond motifs is 7. The van der Waals surface area contributed by atoms with E-state index >= 15 is 0 Å². The maximum atomic E-state index is 6.46. The highest BCUT2D eigenvalue weighted by Crippen LogP contribution is 2.44. The zero-order valence-electron chi connectivity index (χ0n) is 23.6. The van der Waals surface area contributed by atoms with E-state index in [1.54, 1.807) is 6.20 Å². The van der Waals surface area contributed by atoms with Gasteiger partial charge in [-0.25, -0.2) is 9.67 Å². The van der Waals surface area contributed by atoms with Crippen LogP contribution in [0.1, 0.15) is 26.3 Å². The zero-order valence-corrected chi connectivity index (χ0v) is 24.4. The van der Waals surface area contributed by atoms with Crippen molar-refractivity contribution in [2.75, 3.05) is 0 Å². The molecular formula is C36H28N4OS. The molecule has 0 fully saturated rings. The minimum absolute atomic E-state index is 0.00525. The summed E-state index contributed by atoms with van der Waals surface area (Å²) in [6.07, 6.45) is 5.63. The lowest BCUT2D eigenvalue weighted by atomic mass is 9.88. The lowest BCUT2D eigenvalue weighted by Crippen LogP contribution is -2.12. The summed E-state index contributed by atoms with van der Waals surface area (Å²) in [5.74, 6) is 2.43. The van der Waals surface area contributed by atoms with E-state index < -0.39 is 0 Å². The van der Waals surface area contributed by atoms with Crippen molar-refractivity contribution in [3.8, 4) is 23.0 Å². The highest BCUT2D eigenvalue weighted by atomic mass is 32.1. The van der Waals surface area contributed by atoms with Crippen molar-refractivity contribution in [3.05, 3.63) is 121 Å². The number of hydrogen-bond donors (Lipinski definition) is 0. The maximum absolute atomic E-state index is 6.46. The molecule has 0 unspecified atom stereocenters. The van der Waals surface area contributed by atoms with Gasteiger partial charge < -0.3 is 4.74 Å². The van der Waals surface area contributed by atoms with Crippen molar-refractivity contribution < 1.29 is 4.74 Å². The van der Waals surface area contributed by atoms with Crippen LogP contribution in [0, 0.1) is 0 Å². The SMILES string of the molecule is CC(C)(C)c1ccnc(-n2c3cc(Oc4cccc(-n5cccn5)c4)ccc3c3ccc4sc5ccccc5c4c32)c1. The normalized spacial score (nSPS) is 12.2. The Bertz CT molecular complexity index is 2270. The summed E-state index contributed by atoms with van der Waals surface area (Å²) < 4.78 is 13.2. The van der Waals surface area contributed by atoms with Crippen molar-refractivity contribution in [3.63, 3.8) is 0 Å². The van der Waals surface area contributed by atoms with Gasteiger partial charge in [-0.15, -0.1) is 11.3 Å². The third kappa shape index (κ3) is 3.98. The number of thiophene rings is 1. The van der Waals surface area contributed by atoms with Crippen LogP contribution in [0.3, 0.4) is 0 Å². The van der Waals surface area contributed by atoms with E-state index in [4.69, 9.17) is 9.72 Å². The van der Waals surface area contributed by atoms with E-state index in [0.717, 1.165) is 28.5 Å². The van der Waals surface area contributed by atoms with Gasteiger partial charge in [-0.05, 0) is 65.6 Å². The van der Waals surface area contributed by atoms with Gasteiger partial charge in [0.25, 0.3) is 0 Å². The molecule has 5 nitrogen and oxygen atoms in total. The van der Waals surface area contributed by atoms with Crippen molar-refractivity contribution in [1.82, 2.24) is 19.3 Å². The van der Waals surface area contributed by atoms with Crippen LogP contribution in [0.25, 0.3) is 53.5 Å². The number of nitrogens with zero attached hydrogens (tertiary/aromatic N) is 4. The van der Waals surface area contributed by atoms with Crippen LogP contribution in [-0.4, -0.2) is 19.3 Å². The average molecular weight is 565 g/mol. The van der Waals surface area contributed by atoms with Crippen molar-refractivity contribution in [2.24, 2.45) is 0 Å². The minimum atomic E-state index is -0.00525. The Kier molecular flexibility index (Phi) is 5.49. The molecule has 0 saturated carbocycles. The quantitative estimate of drug-likeness (QED) is 0.214.